The molecule has 9 nitrogen and oxygen atoms in total. The molecule has 0 aliphatic carbocycles. The molecular formula is C30H28O9S2. The summed E-state index contributed by atoms with van der Waals surface area (Å²) in [5, 5.41) is 12.2. The molecule has 1 saturated heterocycles. The van der Waals surface area contributed by atoms with Crippen molar-refractivity contribution >= 4 is 46.1 Å². The average Bonchev–Trinajstić information content (AvgIpc) is 3.02. The van der Waals surface area contributed by atoms with Crippen molar-refractivity contribution in [3.8, 4) is 0 Å². The number of thiocarbonyl (C=S) groups is 1. The van der Waals surface area contributed by atoms with Gasteiger partial charge in [0, 0.05) is 7.11 Å². The lowest BCUT2D eigenvalue weighted by atomic mass is 9.85. The lowest BCUT2D eigenvalue weighted by Gasteiger charge is -2.49. The summed E-state index contributed by atoms with van der Waals surface area (Å²) in [5.41, 5.74) is -1.58. The Labute approximate surface area is 246 Å². The first kappa shape index (κ1) is 30.4. The second-order valence-electron chi connectivity index (χ2n) is 8.94. The fourth-order valence-electron chi connectivity index (χ4n) is 4.29. The Morgan fingerprint density at radius 3 is 1.76 bits per heavy atom. The molecule has 3 aromatic rings. The van der Waals surface area contributed by atoms with Crippen LogP contribution < -0.4 is 0 Å². The number of hydrogen-bond donors (Lipinski definition) is 1. The Balaban J connectivity index is 1.71. The largest absolute Gasteiger partial charge is 0.459 e. The van der Waals surface area contributed by atoms with E-state index in [-0.39, 0.29) is 20.9 Å². The number of methoxy groups -OCH3 is 1. The molecule has 41 heavy (non-hydrogen) atoms. The molecular weight excluding hydrogens is 568 g/mol. The number of hydrogen-bond acceptors (Lipinski definition) is 11. The zero-order valence-corrected chi connectivity index (χ0v) is 23.8. The summed E-state index contributed by atoms with van der Waals surface area (Å²) in [6.45, 7) is -0.483. The SMILES string of the molecule is COC1O[C@H](COC(=O)c2ccccc2)[C@](O)(C(=S)SC)[C@H](OC(=O)c2ccccc2)[C@H]1OC(=O)c1ccccc1. The molecule has 11 heteroatoms. The second kappa shape index (κ2) is 13.8. The molecule has 4 rings (SSSR count). The molecule has 3 aromatic carbocycles. The first-order valence-electron chi connectivity index (χ1n) is 12.5. The van der Waals surface area contributed by atoms with Crippen LogP contribution in [-0.4, -0.2) is 77.4 Å². The van der Waals surface area contributed by atoms with Gasteiger partial charge >= 0.3 is 17.9 Å². The quantitative estimate of drug-likeness (QED) is 0.219. The molecule has 1 aliphatic heterocycles. The van der Waals surface area contributed by atoms with Gasteiger partial charge in [-0.2, -0.15) is 0 Å². The third-order valence-corrected chi connectivity index (χ3v) is 7.93. The predicted octanol–water partition coefficient (Wildman–Crippen LogP) is 4.09. The molecule has 0 spiro atoms. The van der Waals surface area contributed by atoms with Crippen molar-refractivity contribution in [2.24, 2.45) is 0 Å². The number of benzene rings is 3. The Morgan fingerprint density at radius 2 is 1.29 bits per heavy atom. The molecule has 1 fully saturated rings. The number of aliphatic hydroxyl groups is 1. The van der Waals surface area contributed by atoms with Crippen LogP contribution >= 0.6 is 24.0 Å². The van der Waals surface area contributed by atoms with Crippen LogP contribution in [0.5, 0.6) is 0 Å². The van der Waals surface area contributed by atoms with Crippen LogP contribution in [0.2, 0.25) is 0 Å². The smallest absolute Gasteiger partial charge is 0.338 e. The maximum Gasteiger partial charge on any atom is 0.338 e. The third-order valence-electron chi connectivity index (χ3n) is 6.41. The van der Waals surface area contributed by atoms with Crippen molar-refractivity contribution in [3.05, 3.63) is 108 Å². The van der Waals surface area contributed by atoms with Gasteiger partial charge in [0.25, 0.3) is 0 Å². The van der Waals surface area contributed by atoms with Crippen LogP contribution in [0, 0.1) is 0 Å². The summed E-state index contributed by atoms with van der Waals surface area (Å²) in [6.07, 6.45) is -4.14. The van der Waals surface area contributed by atoms with Crippen molar-refractivity contribution in [3.63, 3.8) is 0 Å². The molecule has 0 bridgehead atoms. The summed E-state index contributed by atoms with van der Waals surface area (Å²) in [7, 11) is 1.30. The Kier molecular flexibility index (Phi) is 10.2. The van der Waals surface area contributed by atoms with Crippen LogP contribution in [0.15, 0.2) is 91.0 Å². The number of esters is 3. The van der Waals surface area contributed by atoms with Crippen molar-refractivity contribution in [2.45, 2.75) is 30.2 Å². The van der Waals surface area contributed by atoms with E-state index in [0.717, 1.165) is 11.8 Å². The van der Waals surface area contributed by atoms with Crippen LogP contribution in [-0.2, 0) is 23.7 Å². The van der Waals surface area contributed by atoms with E-state index < -0.39 is 54.7 Å². The Morgan fingerprint density at radius 1 is 0.829 bits per heavy atom. The molecule has 1 N–H and O–H groups in total. The minimum atomic E-state index is -2.26. The molecule has 0 radical (unpaired) electrons. The lowest BCUT2D eigenvalue weighted by Crippen LogP contribution is -2.71. The molecule has 1 heterocycles. The summed E-state index contributed by atoms with van der Waals surface area (Å²) in [6, 6.07) is 24.5. The normalized spacial score (nSPS) is 23.7. The van der Waals surface area contributed by atoms with E-state index in [9.17, 15) is 19.5 Å². The minimum absolute atomic E-state index is 0.0422. The van der Waals surface area contributed by atoms with Gasteiger partial charge < -0.3 is 28.8 Å². The van der Waals surface area contributed by atoms with Gasteiger partial charge in [-0.25, -0.2) is 14.4 Å². The molecule has 5 atom stereocenters. The maximum absolute atomic E-state index is 13.3. The minimum Gasteiger partial charge on any atom is -0.459 e. The molecule has 0 amide bonds. The van der Waals surface area contributed by atoms with Crippen molar-refractivity contribution in [1.29, 1.82) is 0 Å². The fourth-order valence-corrected chi connectivity index (χ4v) is 5.12. The number of carbonyl (C=O) groups is 3. The Bertz CT molecular complexity index is 1350. The summed E-state index contributed by atoms with van der Waals surface area (Å²) in [5.74, 6) is -2.25. The van der Waals surface area contributed by atoms with E-state index >= 15 is 0 Å². The average molecular weight is 597 g/mol. The lowest BCUT2D eigenvalue weighted by molar-refractivity contribution is -0.306. The van der Waals surface area contributed by atoms with Gasteiger partial charge in [0.2, 0.25) is 0 Å². The number of rotatable bonds is 9. The zero-order valence-electron chi connectivity index (χ0n) is 22.2. The van der Waals surface area contributed by atoms with E-state index in [2.05, 4.69) is 0 Å². The van der Waals surface area contributed by atoms with Gasteiger partial charge in [-0.15, -0.1) is 11.8 Å². The predicted molar refractivity (Wildman–Crippen MR) is 155 cm³/mol. The van der Waals surface area contributed by atoms with Crippen molar-refractivity contribution in [2.75, 3.05) is 20.0 Å². The number of thioether (sulfide) groups is 1. The topological polar surface area (TPSA) is 118 Å². The van der Waals surface area contributed by atoms with E-state index in [1.807, 2.05) is 0 Å². The summed E-state index contributed by atoms with van der Waals surface area (Å²) < 4.78 is 28.6. The standard InChI is InChI=1S/C30H28O9S2/c1-35-28-23(38-26(32)20-14-8-4-9-15-20)24(39-27(33)21-16-10-5-11-17-21)30(34,29(40)41-2)22(37-28)18-36-25(31)19-12-6-3-7-13-19/h3-17,22-24,28,34H,18H2,1-2H3/t22-,23-,24-,28?,30-/m1/s1. The molecule has 1 aliphatic rings. The fraction of sp³-hybridized carbons (Fsp3) is 0.267. The molecule has 0 aromatic heterocycles. The summed E-state index contributed by atoms with van der Waals surface area (Å²) in [4.78, 5) is 39.1. The number of ether oxygens (including phenoxy) is 5. The molecule has 214 valence electrons. The highest BCUT2D eigenvalue weighted by molar-refractivity contribution is 8.22. The number of carbonyl (C=O) groups excluding carboxylic acids is 3. The Hall–Kier alpha value is -3.61. The van der Waals surface area contributed by atoms with Crippen molar-refractivity contribution in [1.82, 2.24) is 0 Å². The van der Waals surface area contributed by atoms with E-state index in [4.69, 9.17) is 35.9 Å². The molecule has 0 saturated carbocycles. The summed E-state index contributed by atoms with van der Waals surface area (Å²) >= 11 is 6.55. The van der Waals surface area contributed by atoms with Gasteiger partial charge in [0.15, 0.2) is 24.1 Å². The zero-order chi connectivity index (χ0) is 29.4. The first-order valence-corrected chi connectivity index (χ1v) is 14.2. The van der Waals surface area contributed by atoms with E-state index in [1.165, 1.54) is 19.2 Å². The van der Waals surface area contributed by atoms with Crippen LogP contribution in [0.4, 0.5) is 0 Å². The first-order chi connectivity index (χ1) is 19.8. The monoisotopic (exact) mass is 596 g/mol. The van der Waals surface area contributed by atoms with Crippen LogP contribution in [0.1, 0.15) is 31.1 Å². The van der Waals surface area contributed by atoms with Crippen LogP contribution in [0.3, 0.4) is 0 Å². The maximum atomic E-state index is 13.3. The van der Waals surface area contributed by atoms with E-state index in [0.29, 0.717) is 0 Å². The highest BCUT2D eigenvalue weighted by Gasteiger charge is 2.62. The van der Waals surface area contributed by atoms with Gasteiger partial charge in [-0.3, -0.25) is 0 Å². The van der Waals surface area contributed by atoms with Gasteiger partial charge in [0.05, 0.1) is 20.9 Å². The highest BCUT2D eigenvalue weighted by atomic mass is 32.2. The molecule has 1 unspecified atom stereocenters. The highest BCUT2D eigenvalue weighted by Crippen LogP contribution is 2.39. The van der Waals surface area contributed by atoms with E-state index in [1.54, 1.807) is 85.1 Å². The van der Waals surface area contributed by atoms with Gasteiger partial charge in [0.1, 0.15) is 12.7 Å². The third kappa shape index (κ3) is 6.83. The van der Waals surface area contributed by atoms with Gasteiger partial charge in [-0.05, 0) is 42.7 Å². The second-order valence-corrected chi connectivity index (χ2v) is 10.4. The van der Waals surface area contributed by atoms with Crippen LogP contribution in [0.25, 0.3) is 0 Å². The van der Waals surface area contributed by atoms with Crippen molar-refractivity contribution < 1.29 is 43.2 Å². The van der Waals surface area contributed by atoms with Gasteiger partial charge in [-0.1, -0.05) is 66.8 Å².